The van der Waals surface area contributed by atoms with Gasteiger partial charge in [0, 0.05) is 18.3 Å². The Morgan fingerprint density at radius 1 is 1.29 bits per heavy atom. The maximum Gasteiger partial charge on any atom is 0.0643 e. The summed E-state index contributed by atoms with van der Waals surface area (Å²) in [6, 6.07) is 12.1. The molecule has 2 N–H and O–H groups in total. The van der Waals surface area contributed by atoms with E-state index >= 15 is 0 Å². The minimum atomic E-state index is -0.00920. The van der Waals surface area contributed by atoms with Crippen LogP contribution in [0.25, 0.3) is 0 Å². The van der Waals surface area contributed by atoms with E-state index in [0.717, 1.165) is 40.8 Å². The Morgan fingerprint density at radius 2 is 2.05 bits per heavy atom. The van der Waals surface area contributed by atoms with Crippen molar-refractivity contribution in [3.63, 3.8) is 0 Å². The average Bonchev–Trinajstić information content (AvgIpc) is 2.45. The van der Waals surface area contributed by atoms with Crippen LogP contribution < -0.4 is 10.6 Å². The molecule has 0 radical (unpaired) electrons. The molecule has 1 aromatic carbocycles. The molecule has 1 aromatic heterocycles. The summed E-state index contributed by atoms with van der Waals surface area (Å²) < 4.78 is 0. The van der Waals surface area contributed by atoms with Gasteiger partial charge in [0.2, 0.25) is 0 Å². The van der Waals surface area contributed by atoms with Crippen molar-refractivity contribution in [3.05, 3.63) is 58.4 Å². The van der Waals surface area contributed by atoms with Crippen LogP contribution in [0.1, 0.15) is 36.8 Å². The van der Waals surface area contributed by atoms with Gasteiger partial charge in [-0.05, 0) is 50.6 Å². The quantitative estimate of drug-likeness (QED) is 0.904. The molecular weight excluding hydrogens is 282 g/mol. The summed E-state index contributed by atoms with van der Waals surface area (Å²) in [6.45, 7) is 7.69. The molecule has 0 amide bonds. The number of halogens is 1. The first kappa shape index (κ1) is 15.8. The van der Waals surface area contributed by atoms with Gasteiger partial charge < -0.3 is 10.6 Å². The van der Waals surface area contributed by atoms with Crippen molar-refractivity contribution < 1.29 is 0 Å². The number of benzene rings is 1. The molecule has 1 heterocycles. The van der Waals surface area contributed by atoms with Crippen LogP contribution in [0.5, 0.6) is 0 Å². The van der Waals surface area contributed by atoms with Crippen LogP contribution in [0.4, 0.5) is 5.69 Å². The second-order valence-electron chi connectivity index (χ2n) is 5.28. The first-order valence-corrected chi connectivity index (χ1v) is 7.61. The SMILES string of the molecule is CCN(Cc1cccc(C)n1)c1ccc([C@H](C)N)cc1Cl. The third-order valence-corrected chi connectivity index (χ3v) is 3.82. The third kappa shape index (κ3) is 3.96. The Morgan fingerprint density at radius 3 is 2.62 bits per heavy atom. The number of aryl methyl sites for hydroxylation is 1. The molecule has 21 heavy (non-hydrogen) atoms. The number of rotatable bonds is 5. The Labute approximate surface area is 131 Å². The van der Waals surface area contributed by atoms with Crippen LogP contribution in [0, 0.1) is 6.92 Å². The summed E-state index contributed by atoms with van der Waals surface area (Å²) in [5.74, 6) is 0. The monoisotopic (exact) mass is 303 g/mol. The summed E-state index contributed by atoms with van der Waals surface area (Å²) in [7, 11) is 0. The summed E-state index contributed by atoms with van der Waals surface area (Å²) in [5.41, 5.74) is 10.0. The van der Waals surface area contributed by atoms with E-state index in [1.54, 1.807) is 0 Å². The number of anilines is 1. The lowest BCUT2D eigenvalue weighted by Crippen LogP contribution is -2.23. The second kappa shape index (κ2) is 6.92. The Hall–Kier alpha value is -1.58. The largest absolute Gasteiger partial charge is 0.365 e. The van der Waals surface area contributed by atoms with Crippen molar-refractivity contribution in [2.75, 3.05) is 11.4 Å². The van der Waals surface area contributed by atoms with E-state index in [2.05, 4.69) is 16.8 Å². The van der Waals surface area contributed by atoms with E-state index < -0.39 is 0 Å². The number of aromatic nitrogens is 1. The zero-order valence-corrected chi connectivity index (χ0v) is 13.6. The number of pyridine rings is 1. The molecule has 0 bridgehead atoms. The molecule has 4 heteroatoms. The van der Waals surface area contributed by atoms with Gasteiger partial charge in [-0.2, -0.15) is 0 Å². The van der Waals surface area contributed by atoms with E-state index in [1.165, 1.54) is 0 Å². The summed E-state index contributed by atoms with van der Waals surface area (Å²) in [5, 5.41) is 0.735. The molecule has 2 aromatic rings. The van der Waals surface area contributed by atoms with Crippen LogP contribution >= 0.6 is 11.6 Å². The fraction of sp³-hybridized carbons (Fsp3) is 0.353. The van der Waals surface area contributed by atoms with Crippen molar-refractivity contribution in [2.24, 2.45) is 5.73 Å². The minimum absolute atomic E-state index is 0.00920. The highest BCUT2D eigenvalue weighted by molar-refractivity contribution is 6.33. The molecule has 0 aliphatic heterocycles. The molecule has 0 aliphatic carbocycles. The second-order valence-corrected chi connectivity index (χ2v) is 5.69. The van der Waals surface area contributed by atoms with Gasteiger partial charge in [-0.3, -0.25) is 4.98 Å². The molecule has 0 spiro atoms. The van der Waals surface area contributed by atoms with Crippen molar-refractivity contribution in [1.82, 2.24) is 4.98 Å². The van der Waals surface area contributed by atoms with Gasteiger partial charge in [0.25, 0.3) is 0 Å². The number of nitrogens with zero attached hydrogens (tertiary/aromatic N) is 2. The molecule has 0 saturated carbocycles. The molecule has 1 atom stereocenters. The molecule has 112 valence electrons. The van der Waals surface area contributed by atoms with Crippen molar-refractivity contribution in [3.8, 4) is 0 Å². The molecule has 0 fully saturated rings. The van der Waals surface area contributed by atoms with Gasteiger partial charge in [-0.1, -0.05) is 23.7 Å². The first-order valence-electron chi connectivity index (χ1n) is 7.23. The van der Waals surface area contributed by atoms with Crippen molar-refractivity contribution in [2.45, 2.75) is 33.4 Å². The van der Waals surface area contributed by atoms with Gasteiger partial charge in [0.15, 0.2) is 0 Å². The summed E-state index contributed by atoms with van der Waals surface area (Å²) in [6.07, 6.45) is 0. The zero-order chi connectivity index (χ0) is 15.4. The lowest BCUT2D eigenvalue weighted by molar-refractivity contribution is 0.798. The zero-order valence-electron chi connectivity index (χ0n) is 12.8. The highest BCUT2D eigenvalue weighted by atomic mass is 35.5. The third-order valence-electron chi connectivity index (χ3n) is 3.52. The van der Waals surface area contributed by atoms with E-state index in [0.29, 0.717) is 0 Å². The van der Waals surface area contributed by atoms with Crippen molar-refractivity contribution in [1.29, 1.82) is 0 Å². The van der Waals surface area contributed by atoms with E-state index in [-0.39, 0.29) is 6.04 Å². The van der Waals surface area contributed by atoms with Gasteiger partial charge in [-0.25, -0.2) is 0 Å². The van der Waals surface area contributed by atoms with Crippen LogP contribution in [-0.4, -0.2) is 11.5 Å². The smallest absolute Gasteiger partial charge is 0.0643 e. The standard InChI is InChI=1S/C17H22ClN3/c1-4-21(11-15-7-5-6-12(2)20-15)17-9-8-14(13(3)19)10-16(17)18/h5-10,13H,4,11,19H2,1-3H3/t13-/m0/s1. The molecule has 0 saturated heterocycles. The van der Waals surface area contributed by atoms with Gasteiger partial charge >= 0.3 is 0 Å². The van der Waals surface area contributed by atoms with Gasteiger partial charge in [0.1, 0.15) is 0 Å². The maximum atomic E-state index is 6.43. The van der Waals surface area contributed by atoms with Crippen LogP contribution in [0.3, 0.4) is 0 Å². The van der Waals surface area contributed by atoms with E-state index in [4.69, 9.17) is 17.3 Å². The lowest BCUT2D eigenvalue weighted by atomic mass is 10.1. The number of hydrogen-bond acceptors (Lipinski definition) is 3. The van der Waals surface area contributed by atoms with E-state index in [9.17, 15) is 0 Å². The molecule has 3 nitrogen and oxygen atoms in total. The molecule has 0 aliphatic rings. The number of nitrogens with two attached hydrogens (primary N) is 1. The summed E-state index contributed by atoms with van der Waals surface area (Å²) >= 11 is 6.43. The Kier molecular flexibility index (Phi) is 5.21. The van der Waals surface area contributed by atoms with Crippen LogP contribution in [0.2, 0.25) is 5.02 Å². The van der Waals surface area contributed by atoms with Crippen LogP contribution in [0.15, 0.2) is 36.4 Å². The first-order chi connectivity index (χ1) is 10.0. The number of hydrogen-bond donors (Lipinski definition) is 1. The lowest BCUT2D eigenvalue weighted by Gasteiger charge is -2.24. The fourth-order valence-electron chi connectivity index (χ4n) is 2.31. The Bertz CT molecular complexity index is 611. The predicted molar refractivity (Wildman–Crippen MR) is 89.8 cm³/mol. The normalized spacial score (nSPS) is 12.2. The molecule has 2 rings (SSSR count). The van der Waals surface area contributed by atoms with Crippen molar-refractivity contribution >= 4 is 17.3 Å². The highest BCUT2D eigenvalue weighted by Crippen LogP contribution is 2.29. The van der Waals surface area contributed by atoms with E-state index in [1.807, 2.05) is 50.2 Å². The van der Waals surface area contributed by atoms with Crippen LogP contribution in [-0.2, 0) is 6.54 Å². The Balaban J connectivity index is 2.25. The highest BCUT2D eigenvalue weighted by Gasteiger charge is 2.12. The summed E-state index contributed by atoms with van der Waals surface area (Å²) in [4.78, 5) is 6.77. The molecular formula is C17H22ClN3. The minimum Gasteiger partial charge on any atom is -0.365 e. The fourth-order valence-corrected chi connectivity index (χ4v) is 2.62. The predicted octanol–water partition coefficient (Wildman–Crippen LogP) is 4.09. The van der Waals surface area contributed by atoms with Gasteiger partial charge in [-0.15, -0.1) is 0 Å². The molecule has 0 unspecified atom stereocenters. The average molecular weight is 304 g/mol. The topological polar surface area (TPSA) is 42.2 Å². The van der Waals surface area contributed by atoms with Gasteiger partial charge in [0.05, 0.1) is 22.9 Å². The maximum absolute atomic E-state index is 6.43.